The Morgan fingerprint density at radius 2 is 1.48 bits per heavy atom. The fourth-order valence-corrected chi connectivity index (χ4v) is 5.64. The largest absolute Gasteiger partial charge is 0.326 e. The summed E-state index contributed by atoms with van der Waals surface area (Å²) in [6, 6.07) is 22.9. The Balaban J connectivity index is 1.62. The molecule has 3 aromatic rings. The standard InChI is InChI=1S/C24H23FN2O3S/c25-20-12-14-21(15-13-20)26-24(28)19-11-16-23(18-7-3-1-4-8-18)27(17-19)31(29,30)22-9-5-2-6-10-22/h1-10,12-15,19,23H,11,16-17H2,(H,26,28)/t19-,23-/m1/s1. The van der Waals surface area contributed by atoms with Crippen LogP contribution in [0.2, 0.25) is 0 Å². The van der Waals surface area contributed by atoms with Crippen molar-refractivity contribution in [1.29, 1.82) is 0 Å². The van der Waals surface area contributed by atoms with Gasteiger partial charge in [0.05, 0.1) is 16.9 Å². The van der Waals surface area contributed by atoms with E-state index in [9.17, 15) is 17.6 Å². The highest BCUT2D eigenvalue weighted by Gasteiger charge is 2.40. The van der Waals surface area contributed by atoms with Crippen molar-refractivity contribution in [3.05, 3.63) is 96.3 Å². The Bertz CT molecular complexity index is 1140. The molecule has 7 heteroatoms. The zero-order valence-electron chi connectivity index (χ0n) is 16.8. The van der Waals surface area contributed by atoms with Crippen LogP contribution >= 0.6 is 0 Å². The van der Waals surface area contributed by atoms with Crippen LogP contribution in [-0.2, 0) is 14.8 Å². The van der Waals surface area contributed by atoms with Crippen LogP contribution < -0.4 is 5.32 Å². The molecule has 0 aromatic heterocycles. The lowest BCUT2D eigenvalue weighted by Crippen LogP contribution is -2.45. The molecule has 1 fully saturated rings. The summed E-state index contributed by atoms with van der Waals surface area (Å²) >= 11 is 0. The number of amides is 1. The van der Waals surface area contributed by atoms with Crippen LogP contribution in [0.25, 0.3) is 0 Å². The van der Waals surface area contributed by atoms with Gasteiger partial charge in [0.25, 0.3) is 0 Å². The molecule has 1 N–H and O–H groups in total. The Morgan fingerprint density at radius 1 is 0.871 bits per heavy atom. The molecule has 1 aliphatic heterocycles. The van der Waals surface area contributed by atoms with Crippen LogP contribution in [0.1, 0.15) is 24.4 Å². The highest BCUT2D eigenvalue weighted by Crippen LogP contribution is 2.37. The second-order valence-electron chi connectivity index (χ2n) is 7.58. The summed E-state index contributed by atoms with van der Waals surface area (Å²) in [6.07, 6.45) is 1.07. The predicted octanol–water partition coefficient (Wildman–Crippen LogP) is 4.61. The Labute approximate surface area is 181 Å². The predicted molar refractivity (Wildman–Crippen MR) is 117 cm³/mol. The van der Waals surface area contributed by atoms with Gasteiger partial charge < -0.3 is 5.32 Å². The molecule has 160 valence electrons. The van der Waals surface area contributed by atoms with Gasteiger partial charge in [-0.2, -0.15) is 4.31 Å². The number of nitrogens with one attached hydrogen (secondary N) is 1. The lowest BCUT2D eigenvalue weighted by Gasteiger charge is -2.38. The fraction of sp³-hybridized carbons (Fsp3) is 0.208. The molecule has 4 rings (SSSR count). The van der Waals surface area contributed by atoms with Crippen molar-refractivity contribution in [2.45, 2.75) is 23.8 Å². The SMILES string of the molecule is O=C(Nc1ccc(F)cc1)[C@@H]1CC[C@H](c2ccccc2)N(S(=O)(=O)c2ccccc2)C1. The van der Waals surface area contributed by atoms with Crippen LogP contribution in [0.5, 0.6) is 0 Å². The second kappa shape index (κ2) is 8.99. The number of piperidine rings is 1. The quantitative estimate of drug-likeness (QED) is 0.633. The van der Waals surface area contributed by atoms with Gasteiger partial charge in [-0.05, 0) is 54.8 Å². The van der Waals surface area contributed by atoms with E-state index in [-0.39, 0.29) is 29.2 Å². The first kappa shape index (κ1) is 21.2. The van der Waals surface area contributed by atoms with E-state index < -0.39 is 15.9 Å². The van der Waals surface area contributed by atoms with E-state index in [2.05, 4.69) is 5.32 Å². The lowest BCUT2D eigenvalue weighted by atomic mass is 9.90. The van der Waals surface area contributed by atoms with E-state index in [0.29, 0.717) is 18.5 Å². The Kier molecular flexibility index (Phi) is 6.15. The number of hydrogen-bond donors (Lipinski definition) is 1. The third-order valence-corrected chi connectivity index (χ3v) is 7.44. The van der Waals surface area contributed by atoms with Gasteiger partial charge in [-0.1, -0.05) is 48.5 Å². The number of benzene rings is 3. The molecule has 0 aliphatic carbocycles. The average Bonchev–Trinajstić information content (AvgIpc) is 2.81. The maximum Gasteiger partial charge on any atom is 0.243 e. The molecule has 1 aliphatic rings. The van der Waals surface area contributed by atoms with Crippen LogP contribution in [0.15, 0.2) is 89.8 Å². The molecule has 31 heavy (non-hydrogen) atoms. The molecule has 0 radical (unpaired) electrons. The van der Waals surface area contributed by atoms with E-state index in [1.807, 2.05) is 30.3 Å². The van der Waals surface area contributed by atoms with Gasteiger partial charge in [0.2, 0.25) is 15.9 Å². The zero-order valence-corrected chi connectivity index (χ0v) is 17.6. The summed E-state index contributed by atoms with van der Waals surface area (Å²) in [5.41, 5.74) is 1.38. The maximum absolute atomic E-state index is 13.5. The molecule has 1 amide bonds. The summed E-state index contributed by atoms with van der Waals surface area (Å²) in [5, 5.41) is 2.78. The number of carbonyl (C=O) groups excluding carboxylic acids is 1. The average molecular weight is 439 g/mol. The van der Waals surface area contributed by atoms with Gasteiger partial charge >= 0.3 is 0 Å². The molecule has 1 saturated heterocycles. The maximum atomic E-state index is 13.5. The summed E-state index contributed by atoms with van der Waals surface area (Å²) in [7, 11) is -3.80. The number of nitrogens with zero attached hydrogens (tertiary/aromatic N) is 1. The van der Waals surface area contributed by atoms with Crippen molar-refractivity contribution in [2.24, 2.45) is 5.92 Å². The van der Waals surface area contributed by atoms with Gasteiger partial charge in [0.15, 0.2) is 0 Å². The van der Waals surface area contributed by atoms with E-state index in [1.54, 1.807) is 30.3 Å². The first-order valence-corrected chi connectivity index (χ1v) is 11.6. The topological polar surface area (TPSA) is 66.5 Å². The number of rotatable bonds is 5. The van der Waals surface area contributed by atoms with Gasteiger partial charge in [-0.15, -0.1) is 0 Å². The smallest absolute Gasteiger partial charge is 0.243 e. The molecule has 3 aromatic carbocycles. The van der Waals surface area contributed by atoms with Crippen molar-refractivity contribution < 1.29 is 17.6 Å². The van der Waals surface area contributed by atoms with Crippen molar-refractivity contribution in [3.63, 3.8) is 0 Å². The molecule has 0 bridgehead atoms. The summed E-state index contributed by atoms with van der Waals surface area (Å²) in [5.74, 6) is -1.17. The monoisotopic (exact) mass is 438 g/mol. The molecular formula is C24H23FN2O3S. The van der Waals surface area contributed by atoms with Crippen molar-refractivity contribution >= 4 is 21.6 Å². The summed E-state index contributed by atoms with van der Waals surface area (Å²) < 4.78 is 41.6. The Morgan fingerprint density at radius 3 is 2.13 bits per heavy atom. The molecule has 0 unspecified atom stereocenters. The van der Waals surface area contributed by atoms with Crippen molar-refractivity contribution in [1.82, 2.24) is 4.31 Å². The molecule has 5 nitrogen and oxygen atoms in total. The van der Waals surface area contributed by atoms with E-state index in [4.69, 9.17) is 0 Å². The number of hydrogen-bond acceptors (Lipinski definition) is 3. The molecule has 1 heterocycles. The van der Waals surface area contributed by atoms with Crippen molar-refractivity contribution in [2.75, 3.05) is 11.9 Å². The van der Waals surface area contributed by atoms with Gasteiger partial charge in [-0.3, -0.25) is 4.79 Å². The first-order chi connectivity index (χ1) is 14.9. The molecule has 0 spiro atoms. The van der Waals surface area contributed by atoms with E-state index >= 15 is 0 Å². The summed E-state index contributed by atoms with van der Waals surface area (Å²) in [6.45, 7) is 0.0732. The minimum atomic E-state index is -3.80. The van der Waals surface area contributed by atoms with Crippen LogP contribution in [0.3, 0.4) is 0 Å². The van der Waals surface area contributed by atoms with Crippen LogP contribution in [0.4, 0.5) is 10.1 Å². The number of anilines is 1. The number of carbonyl (C=O) groups is 1. The van der Waals surface area contributed by atoms with E-state index in [1.165, 1.54) is 28.6 Å². The molecule has 2 atom stereocenters. The van der Waals surface area contributed by atoms with Crippen LogP contribution in [0, 0.1) is 11.7 Å². The minimum absolute atomic E-state index is 0.0732. The second-order valence-corrected chi connectivity index (χ2v) is 9.48. The van der Waals surface area contributed by atoms with Crippen molar-refractivity contribution in [3.8, 4) is 0 Å². The third-order valence-electron chi connectivity index (χ3n) is 5.55. The third kappa shape index (κ3) is 4.68. The number of sulfonamides is 1. The lowest BCUT2D eigenvalue weighted by molar-refractivity contribution is -0.121. The zero-order chi connectivity index (χ0) is 21.8. The highest BCUT2D eigenvalue weighted by molar-refractivity contribution is 7.89. The van der Waals surface area contributed by atoms with Gasteiger partial charge in [0.1, 0.15) is 5.82 Å². The fourth-order valence-electron chi connectivity index (χ4n) is 3.93. The molecule has 0 saturated carbocycles. The Hall–Kier alpha value is -3.03. The number of halogens is 1. The minimum Gasteiger partial charge on any atom is -0.326 e. The van der Waals surface area contributed by atoms with E-state index in [0.717, 1.165) is 5.56 Å². The van der Waals surface area contributed by atoms with Gasteiger partial charge in [-0.25, -0.2) is 12.8 Å². The first-order valence-electron chi connectivity index (χ1n) is 10.1. The van der Waals surface area contributed by atoms with Crippen LogP contribution in [-0.4, -0.2) is 25.2 Å². The van der Waals surface area contributed by atoms with Gasteiger partial charge in [0, 0.05) is 12.2 Å². The highest BCUT2D eigenvalue weighted by atomic mass is 32.2. The normalized spacial score (nSPS) is 19.6. The summed E-state index contributed by atoms with van der Waals surface area (Å²) in [4.78, 5) is 13.1. The molecular weight excluding hydrogens is 415 g/mol.